The molecule has 342 valence electrons. The Labute approximate surface area is 365 Å². The van der Waals surface area contributed by atoms with Gasteiger partial charge in [0.15, 0.2) is 12.2 Å². The van der Waals surface area contributed by atoms with Crippen molar-refractivity contribution < 1.29 is 48.5 Å². The molecule has 2 fully saturated rings. The van der Waals surface area contributed by atoms with Gasteiger partial charge in [0.2, 0.25) is 11.8 Å². The van der Waals surface area contributed by atoms with Gasteiger partial charge in [-0.25, -0.2) is 0 Å². The molecule has 0 radical (unpaired) electrons. The van der Waals surface area contributed by atoms with E-state index in [-0.39, 0.29) is 37.1 Å². The number of hydrogen-bond acceptors (Lipinski definition) is 10. The number of hydrogen-bond donors (Lipinski definition) is 8. The lowest BCUT2D eigenvalue weighted by molar-refractivity contribution is -0.171. The molecule has 0 heterocycles. The van der Waals surface area contributed by atoms with Crippen LogP contribution in [0.4, 0.5) is 0 Å². The molecule has 2 aliphatic carbocycles. The van der Waals surface area contributed by atoms with Gasteiger partial charge in [-0.3, -0.25) is 28.8 Å². The van der Waals surface area contributed by atoms with Gasteiger partial charge in [-0.15, -0.1) is 0 Å². The highest BCUT2D eigenvalue weighted by Crippen LogP contribution is 2.22. The van der Waals surface area contributed by atoms with Crippen LogP contribution in [-0.4, -0.2) is 108 Å². The first-order chi connectivity index (χ1) is 29.6. The minimum absolute atomic E-state index is 0.0734. The van der Waals surface area contributed by atoms with E-state index in [1.807, 2.05) is 0 Å². The van der Waals surface area contributed by atoms with E-state index in [4.69, 9.17) is 9.47 Å². The Morgan fingerprint density at radius 2 is 0.919 bits per heavy atom. The highest BCUT2D eigenvalue weighted by atomic mass is 16.5. The number of aliphatic hydroxyl groups excluding tert-OH is 2. The number of likely N-dealkylation sites (N-methyl/N-ethyl adjacent to an activating group) is 2. The molecule has 0 spiro atoms. The third-order valence-corrected chi connectivity index (χ3v) is 11.6. The Hall–Kier alpha value is -4.90. The zero-order valence-electron chi connectivity index (χ0n) is 37.0. The van der Waals surface area contributed by atoms with Crippen molar-refractivity contribution in [3.8, 4) is 0 Å². The fourth-order valence-electron chi connectivity index (χ4n) is 7.88. The van der Waals surface area contributed by atoms with E-state index in [0.29, 0.717) is 22.3 Å². The zero-order chi connectivity index (χ0) is 45.3. The molecule has 2 aliphatic rings. The molecule has 2 saturated carbocycles. The fourth-order valence-corrected chi connectivity index (χ4v) is 7.88. The average molecular weight is 865 g/mol. The molecule has 6 atom stereocenters. The van der Waals surface area contributed by atoms with Gasteiger partial charge in [-0.05, 0) is 72.9 Å². The Bertz CT molecular complexity index is 1680. The molecule has 16 nitrogen and oxygen atoms in total. The van der Waals surface area contributed by atoms with Crippen molar-refractivity contribution >= 4 is 35.4 Å². The Kier molecular flexibility index (Phi) is 19.8. The first-order valence-corrected chi connectivity index (χ1v) is 22.1. The number of carbonyl (C=O) groups excluding carboxylic acids is 6. The van der Waals surface area contributed by atoms with Gasteiger partial charge in [-0.1, -0.05) is 90.5 Å². The summed E-state index contributed by atoms with van der Waals surface area (Å²) in [4.78, 5) is 80.1. The third kappa shape index (κ3) is 14.6. The summed E-state index contributed by atoms with van der Waals surface area (Å²) >= 11 is 0. The molecule has 0 aromatic heterocycles. The van der Waals surface area contributed by atoms with Crippen molar-refractivity contribution in [1.29, 1.82) is 0 Å². The smallest absolute Gasteiger partial charge is 0.252 e. The van der Waals surface area contributed by atoms with Crippen molar-refractivity contribution in [2.24, 2.45) is 11.8 Å². The molecule has 2 aromatic rings. The molecule has 16 heteroatoms. The van der Waals surface area contributed by atoms with E-state index >= 15 is 0 Å². The van der Waals surface area contributed by atoms with Crippen LogP contribution < -0.4 is 31.9 Å². The predicted molar refractivity (Wildman–Crippen MR) is 232 cm³/mol. The lowest BCUT2D eigenvalue weighted by atomic mass is 9.95. The van der Waals surface area contributed by atoms with Gasteiger partial charge in [-0.2, -0.15) is 0 Å². The minimum Gasteiger partial charge on any atom is -0.387 e. The quantitative estimate of drug-likeness (QED) is 0.0915. The molecule has 0 saturated heterocycles. The molecule has 2 aromatic carbocycles. The van der Waals surface area contributed by atoms with Crippen molar-refractivity contribution in [1.82, 2.24) is 31.9 Å². The van der Waals surface area contributed by atoms with Crippen LogP contribution in [-0.2, 0) is 41.9 Å². The van der Waals surface area contributed by atoms with Crippen LogP contribution in [0, 0.1) is 11.8 Å². The maximum absolute atomic E-state index is 14.1. The number of amides is 6. The highest BCUT2D eigenvalue weighted by molar-refractivity contribution is 5.95. The van der Waals surface area contributed by atoms with Crippen molar-refractivity contribution in [3.63, 3.8) is 0 Å². The fraction of sp³-hybridized carbons (Fsp3) is 0.609. The van der Waals surface area contributed by atoms with Crippen LogP contribution in [0.25, 0.3) is 0 Å². The van der Waals surface area contributed by atoms with Gasteiger partial charge in [0.05, 0.1) is 13.2 Å². The van der Waals surface area contributed by atoms with Crippen molar-refractivity contribution in [3.05, 3.63) is 70.8 Å². The van der Waals surface area contributed by atoms with Crippen LogP contribution in [0.3, 0.4) is 0 Å². The van der Waals surface area contributed by atoms with Crippen LogP contribution in [0.15, 0.2) is 48.5 Å². The van der Waals surface area contributed by atoms with Crippen LogP contribution in [0.2, 0.25) is 0 Å². The molecule has 0 aliphatic heterocycles. The topological polar surface area (TPSA) is 234 Å². The van der Waals surface area contributed by atoms with E-state index in [9.17, 15) is 39.0 Å². The van der Waals surface area contributed by atoms with E-state index < -0.39 is 72.0 Å². The normalized spacial score (nSPS) is 17.8. The molecule has 0 bridgehead atoms. The number of benzene rings is 2. The summed E-state index contributed by atoms with van der Waals surface area (Å²) in [6, 6.07) is 11.2. The summed E-state index contributed by atoms with van der Waals surface area (Å²) in [6.45, 7) is 6.21. The van der Waals surface area contributed by atoms with Crippen LogP contribution >= 0.6 is 0 Å². The third-order valence-electron chi connectivity index (χ3n) is 11.6. The maximum atomic E-state index is 14.1. The number of aliphatic hydroxyl groups is 2. The molecular formula is C46H68N6O10. The van der Waals surface area contributed by atoms with E-state index in [1.54, 1.807) is 76.2 Å². The Morgan fingerprint density at radius 3 is 1.24 bits per heavy atom. The van der Waals surface area contributed by atoms with E-state index in [1.165, 1.54) is 14.1 Å². The summed E-state index contributed by atoms with van der Waals surface area (Å²) in [5.41, 5.74) is 1.68. The van der Waals surface area contributed by atoms with Crippen LogP contribution in [0.1, 0.15) is 124 Å². The van der Waals surface area contributed by atoms with E-state index in [2.05, 4.69) is 31.9 Å². The minimum atomic E-state index is -2.15. The lowest BCUT2D eigenvalue weighted by Gasteiger charge is -2.33. The molecule has 8 N–H and O–H groups in total. The largest absolute Gasteiger partial charge is 0.387 e. The maximum Gasteiger partial charge on any atom is 0.252 e. The average Bonchev–Trinajstić information content (AvgIpc) is 3.27. The second-order valence-electron chi connectivity index (χ2n) is 17.2. The number of rotatable bonds is 21. The van der Waals surface area contributed by atoms with Gasteiger partial charge >= 0.3 is 0 Å². The number of nitrogens with one attached hydrogen (secondary N) is 6. The molecule has 62 heavy (non-hydrogen) atoms. The summed E-state index contributed by atoms with van der Waals surface area (Å²) in [7, 11) is 2.83. The molecular weight excluding hydrogens is 797 g/mol. The zero-order valence-corrected chi connectivity index (χ0v) is 37.0. The SMILES string of the molecule is CNC(=O)[C@@H](NC(=O)[C@H](OCc1cccc(C(=O)NC2CCCCC2)c1)[C@H](O)[C@@H](O)[C@@H](OCc1cccc(C(=O)NC2CCCCC2)c1)C(=O)N[C@H](C(=O)NC)C(C)C)C(C)C. The second kappa shape index (κ2) is 24.7. The Balaban J connectivity index is 1.62. The van der Waals surface area contributed by atoms with Gasteiger partial charge in [0, 0.05) is 37.3 Å². The van der Waals surface area contributed by atoms with Gasteiger partial charge in [0.1, 0.15) is 24.3 Å². The number of ether oxygens (including phenoxy) is 2. The van der Waals surface area contributed by atoms with Crippen LogP contribution in [0.5, 0.6) is 0 Å². The molecule has 4 rings (SSSR count). The second-order valence-corrected chi connectivity index (χ2v) is 17.2. The lowest BCUT2D eigenvalue weighted by Crippen LogP contribution is -2.60. The van der Waals surface area contributed by atoms with Crippen molar-refractivity contribution in [2.75, 3.05) is 14.1 Å². The standard InChI is InChI=1S/C46H68N6O10/c1-27(2)35(43(57)47-5)51-45(59)39(61-25-29-15-13-17-31(23-29)41(55)49-33-19-9-7-10-20-33)37(53)38(54)40(46(60)52-36(28(3)4)44(58)48-6)62-26-30-16-14-18-32(24-30)42(56)50-34-21-11-8-12-22-34/h13-18,23-24,27-28,33-40,53-54H,7-12,19-22,25-26H2,1-6H3,(H,47,57)(H,48,58)(H,49,55)(H,50,56)(H,51,59)(H,52,60)/t35-,36-,37+,38+,39+,40+/m0/s1. The number of carbonyl (C=O) groups is 6. The Morgan fingerprint density at radius 1 is 0.565 bits per heavy atom. The monoisotopic (exact) mass is 864 g/mol. The highest BCUT2D eigenvalue weighted by Gasteiger charge is 2.43. The molecule has 0 unspecified atom stereocenters. The summed E-state index contributed by atoms with van der Waals surface area (Å²) in [6.07, 6.45) is 1.96. The summed E-state index contributed by atoms with van der Waals surface area (Å²) < 4.78 is 12.1. The summed E-state index contributed by atoms with van der Waals surface area (Å²) in [5.74, 6) is -4.27. The van der Waals surface area contributed by atoms with E-state index in [0.717, 1.165) is 64.2 Å². The predicted octanol–water partition coefficient (Wildman–Crippen LogP) is 2.78. The van der Waals surface area contributed by atoms with Gasteiger partial charge < -0.3 is 51.6 Å². The summed E-state index contributed by atoms with van der Waals surface area (Å²) in [5, 5.41) is 40.2. The van der Waals surface area contributed by atoms with Gasteiger partial charge in [0.25, 0.3) is 23.6 Å². The molecule has 6 amide bonds. The van der Waals surface area contributed by atoms with Crippen molar-refractivity contribution in [2.45, 2.75) is 154 Å². The first kappa shape index (κ1) is 49.8. The first-order valence-electron chi connectivity index (χ1n) is 22.1.